The largest absolute Gasteiger partial charge is 0.508 e. The summed E-state index contributed by atoms with van der Waals surface area (Å²) in [5.41, 5.74) is 4.35. The molecule has 0 unspecified atom stereocenters. The van der Waals surface area contributed by atoms with Crippen LogP contribution in [0.15, 0.2) is 42.5 Å². The molecule has 3 rings (SSSR count). The Morgan fingerprint density at radius 3 is 2.50 bits per heavy atom. The van der Waals surface area contributed by atoms with E-state index in [0.717, 1.165) is 17.2 Å². The molecule has 1 fully saturated rings. The molecule has 0 spiro atoms. The van der Waals surface area contributed by atoms with Gasteiger partial charge in [-0.15, -0.1) is 0 Å². The highest BCUT2D eigenvalue weighted by Crippen LogP contribution is 2.28. The third-order valence-corrected chi connectivity index (χ3v) is 6.81. The first-order valence-corrected chi connectivity index (χ1v) is 13.7. The molecule has 0 bridgehead atoms. The van der Waals surface area contributed by atoms with E-state index in [1.54, 1.807) is 19.1 Å². The number of benzene rings is 2. The Kier molecular flexibility index (Phi) is 13.1. The average Bonchev–Trinajstić information content (AvgIpc) is 2.99. The summed E-state index contributed by atoms with van der Waals surface area (Å²) in [6.07, 6.45) is -3.18. The summed E-state index contributed by atoms with van der Waals surface area (Å²) >= 11 is 0. The van der Waals surface area contributed by atoms with Crippen molar-refractivity contribution in [3.05, 3.63) is 59.2 Å². The lowest BCUT2D eigenvalue weighted by Crippen LogP contribution is -2.61. The van der Waals surface area contributed by atoms with Crippen molar-refractivity contribution >= 4 is 24.3 Å². The number of aldehydes is 1. The van der Waals surface area contributed by atoms with Gasteiger partial charge in [0.15, 0.2) is 23.9 Å². The number of esters is 1. The van der Waals surface area contributed by atoms with Gasteiger partial charge in [0, 0.05) is 19.6 Å². The van der Waals surface area contributed by atoms with Crippen LogP contribution in [-0.2, 0) is 44.6 Å². The minimum atomic E-state index is -1.41. The zero-order valence-electron chi connectivity index (χ0n) is 24.2. The number of rotatable bonds is 16. The fraction of sp³-hybridized carbons (Fsp3) is 0.433. The number of carboxylic acids is 1. The van der Waals surface area contributed by atoms with E-state index >= 15 is 0 Å². The predicted molar refractivity (Wildman–Crippen MR) is 152 cm³/mol. The number of phenolic OH excluding ortho intramolecular Hbond substituents is 3. The first-order chi connectivity index (χ1) is 21.0. The molecule has 1 aliphatic heterocycles. The smallest absolute Gasteiger partial charge is 0.331 e. The van der Waals surface area contributed by atoms with Crippen LogP contribution in [0.1, 0.15) is 29.5 Å². The van der Waals surface area contributed by atoms with E-state index in [4.69, 9.17) is 28.9 Å². The van der Waals surface area contributed by atoms with Crippen molar-refractivity contribution in [1.29, 1.82) is 0 Å². The Balaban J connectivity index is 1.72. The van der Waals surface area contributed by atoms with Gasteiger partial charge in [-0.25, -0.2) is 4.79 Å². The number of methoxy groups -OCH3 is 1. The molecule has 0 amide bonds. The highest BCUT2D eigenvalue weighted by atomic mass is 16.7. The van der Waals surface area contributed by atoms with Gasteiger partial charge in [-0.1, -0.05) is 18.2 Å². The number of hydrogen-bond donors (Lipinski definition) is 6. The number of carboxylic acid groups (broad SMARTS) is 1. The molecule has 0 saturated carbocycles. The zero-order valence-corrected chi connectivity index (χ0v) is 24.2. The standard InChI is InChI=1S/C30H37NO13/c1-17-3-4-19(13-22(17)34)11-12-41-30-27(39)29(40-2)28(24(43-30)16-42-31-20(15-32)7-9-25(36)37)44-26(38)10-6-18-5-8-21(33)23(35)14-18/h3-6,8,10,13-15,20,24,27-31,33-35,39H,7,9,11-12,16H2,1-2H3,(H,36,37)/b10-6+/t20-,24-,27-,28+,29+,30+/m0/s1. The van der Waals surface area contributed by atoms with Crippen LogP contribution < -0.4 is 5.48 Å². The fourth-order valence-corrected chi connectivity index (χ4v) is 4.34. The van der Waals surface area contributed by atoms with Crippen molar-refractivity contribution in [3.63, 3.8) is 0 Å². The van der Waals surface area contributed by atoms with Gasteiger partial charge in [0.05, 0.1) is 19.3 Å². The molecule has 0 aromatic heterocycles. The molecule has 14 nitrogen and oxygen atoms in total. The SMILES string of the molecule is CO[C@@H]1[C@H](O)[C@H](OCCc2ccc(C)c(O)c2)O[C@@H](CON[C@H](C=O)CCC(=O)O)[C@H]1OC(=O)/C=C/c1ccc(O)c(O)c1. The minimum absolute atomic E-state index is 0.0416. The van der Waals surface area contributed by atoms with Crippen LogP contribution in [0.2, 0.25) is 0 Å². The van der Waals surface area contributed by atoms with Crippen LogP contribution >= 0.6 is 0 Å². The maximum atomic E-state index is 12.8. The van der Waals surface area contributed by atoms with Crippen molar-refractivity contribution in [2.75, 3.05) is 20.3 Å². The fourth-order valence-electron chi connectivity index (χ4n) is 4.34. The van der Waals surface area contributed by atoms with Crippen molar-refractivity contribution < 1.29 is 63.7 Å². The summed E-state index contributed by atoms with van der Waals surface area (Å²) in [5.74, 6) is -2.51. The molecule has 14 heteroatoms. The van der Waals surface area contributed by atoms with Crippen LogP contribution in [0.5, 0.6) is 17.2 Å². The Morgan fingerprint density at radius 1 is 1.07 bits per heavy atom. The van der Waals surface area contributed by atoms with Gasteiger partial charge in [-0.05, 0) is 60.7 Å². The summed E-state index contributed by atoms with van der Waals surface area (Å²) in [6.45, 7) is 1.52. The van der Waals surface area contributed by atoms with E-state index in [-0.39, 0.29) is 43.3 Å². The van der Waals surface area contributed by atoms with E-state index in [1.165, 1.54) is 31.4 Å². The second-order valence-corrected chi connectivity index (χ2v) is 10.1. The van der Waals surface area contributed by atoms with E-state index in [2.05, 4.69) is 5.48 Å². The zero-order chi connectivity index (χ0) is 32.2. The molecule has 2 aromatic carbocycles. The molecule has 2 aromatic rings. The number of aliphatic hydroxyl groups is 1. The van der Waals surface area contributed by atoms with Crippen molar-refractivity contribution in [2.24, 2.45) is 0 Å². The summed E-state index contributed by atoms with van der Waals surface area (Å²) in [5, 5.41) is 49.0. The van der Waals surface area contributed by atoms with Gasteiger partial charge >= 0.3 is 11.9 Å². The van der Waals surface area contributed by atoms with Crippen LogP contribution in [0.25, 0.3) is 6.08 Å². The summed E-state index contributed by atoms with van der Waals surface area (Å²) in [4.78, 5) is 40.4. The van der Waals surface area contributed by atoms with Crippen molar-refractivity contribution in [3.8, 4) is 17.2 Å². The number of carbonyl (C=O) groups excluding carboxylic acids is 2. The Bertz CT molecular complexity index is 1300. The normalized spacial score (nSPS) is 22.5. The number of hydroxylamine groups is 1. The summed E-state index contributed by atoms with van der Waals surface area (Å²) < 4.78 is 22.8. The van der Waals surface area contributed by atoms with E-state index < -0.39 is 48.7 Å². The van der Waals surface area contributed by atoms with Crippen LogP contribution in [-0.4, -0.2) is 101 Å². The van der Waals surface area contributed by atoms with Gasteiger partial charge in [-0.3, -0.25) is 9.63 Å². The molecule has 240 valence electrons. The van der Waals surface area contributed by atoms with Gasteiger partial charge in [0.1, 0.15) is 30.3 Å². The molecular weight excluding hydrogens is 582 g/mol. The predicted octanol–water partition coefficient (Wildman–Crippen LogP) is 1.35. The van der Waals surface area contributed by atoms with Crippen LogP contribution in [0.4, 0.5) is 0 Å². The third-order valence-electron chi connectivity index (χ3n) is 6.81. The molecule has 0 aliphatic carbocycles. The van der Waals surface area contributed by atoms with E-state index in [0.29, 0.717) is 18.3 Å². The number of aliphatic hydroxyl groups excluding tert-OH is 1. The number of aryl methyl sites for hydroxylation is 1. The maximum absolute atomic E-state index is 12.8. The first kappa shape index (κ1) is 34.4. The molecule has 6 N–H and O–H groups in total. The molecule has 44 heavy (non-hydrogen) atoms. The second kappa shape index (κ2) is 16.7. The number of hydrogen-bond acceptors (Lipinski definition) is 13. The number of ether oxygens (including phenoxy) is 4. The number of aromatic hydroxyl groups is 3. The number of phenols is 3. The molecule has 6 atom stereocenters. The highest BCUT2D eigenvalue weighted by Gasteiger charge is 2.48. The lowest BCUT2D eigenvalue weighted by atomic mass is 9.98. The van der Waals surface area contributed by atoms with Gasteiger partial charge in [0.2, 0.25) is 0 Å². The third kappa shape index (κ3) is 10.0. The molecule has 1 saturated heterocycles. The lowest BCUT2D eigenvalue weighted by Gasteiger charge is -2.43. The van der Waals surface area contributed by atoms with Gasteiger partial charge in [0.25, 0.3) is 0 Å². The first-order valence-electron chi connectivity index (χ1n) is 13.7. The maximum Gasteiger partial charge on any atom is 0.331 e. The van der Waals surface area contributed by atoms with Crippen molar-refractivity contribution in [2.45, 2.75) is 62.9 Å². The summed E-state index contributed by atoms with van der Waals surface area (Å²) in [7, 11) is 1.30. The van der Waals surface area contributed by atoms with Crippen LogP contribution in [0.3, 0.4) is 0 Å². The molecule has 1 heterocycles. The second-order valence-electron chi connectivity index (χ2n) is 10.1. The monoisotopic (exact) mass is 619 g/mol. The van der Waals surface area contributed by atoms with E-state index in [9.17, 15) is 34.8 Å². The number of nitrogens with one attached hydrogen (secondary N) is 1. The summed E-state index contributed by atoms with van der Waals surface area (Å²) in [6, 6.07) is 8.19. The topological polar surface area (TPSA) is 211 Å². The molecular formula is C30H37NO13. The Labute approximate surface area is 253 Å². The minimum Gasteiger partial charge on any atom is -0.508 e. The quantitative estimate of drug-likeness (QED) is 0.0515. The van der Waals surface area contributed by atoms with Crippen LogP contribution in [0, 0.1) is 6.92 Å². The Morgan fingerprint density at radius 2 is 1.84 bits per heavy atom. The van der Waals surface area contributed by atoms with Crippen molar-refractivity contribution in [1.82, 2.24) is 5.48 Å². The van der Waals surface area contributed by atoms with Gasteiger partial charge in [-0.2, -0.15) is 5.48 Å². The molecule has 0 radical (unpaired) electrons. The highest BCUT2D eigenvalue weighted by molar-refractivity contribution is 5.87. The number of aliphatic carboxylic acids is 1. The van der Waals surface area contributed by atoms with Gasteiger partial charge < -0.3 is 49.3 Å². The molecule has 1 aliphatic rings. The lowest BCUT2D eigenvalue weighted by molar-refractivity contribution is -0.309. The number of carbonyl (C=O) groups is 3. The van der Waals surface area contributed by atoms with E-state index in [1.807, 2.05) is 6.07 Å². The Hall–Kier alpha value is -4.05. The average molecular weight is 620 g/mol.